The van der Waals surface area contributed by atoms with Gasteiger partial charge in [0.25, 0.3) is 0 Å². The van der Waals surface area contributed by atoms with Crippen LogP contribution in [0, 0.1) is 5.41 Å². The van der Waals surface area contributed by atoms with E-state index >= 15 is 0 Å². The van der Waals surface area contributed by atoms with Crippen LogP contribution in [0.3, 0.4) is 0 Å². The van der Waals surface area contributed by atoms with Crippen molar-refractivity contribution < 1.29 is 8.42 Å². The van der Waals surface area contributed by atoms with Crippen molar-refractivity contribution in [2.45, 2.75) is 32.4 Å². The third-order valence-electron chi connectivity index (χ3n) is 7.19. The molecule has 0 spiro atoms. The molecule has 4 aromatic rings. The average molecular weight is 547 g/mol. The second-order valence-electron chi connectivity index (χ2n) is 9.71. The molecule has 3 aromatic carbocycles. The van der Waals surface area contributed by atoms with Gasteiger partial charge in [-0.3, -0.25) is 9.71 Å². The maximum atomic E-state index is 13.7. The zero-order valence-corrected chi connectivity index (χ0v) is 23.8. The van der Waals surface area contributed by atoms with Crippen LogP contribution in [0.1, 0.15) is 36.4 Å². The van der Waals surface area contributed by atoms with E-state index in [9.17, 15) is 8.42 Å². The van der Waals surface area contributed by atoms with Crippen molar-refractivity contribution in [3.63, 3.8) is 0 Å². The molecular formula is C30H38N6O2S. The predicted molar refractivity (Wildman–Crippen MR) is 160 cm³/mol. The topological polar surface area (TPSA) is 108 Å². The number of nitrogens with two attached hydrogens (primary N) is 1. The van der Waals surface area contributed by atoms with E-state index in [0.717, 1.165) is 53.9 Å². The Morgan fingerprint density at radius 2 is 1.62 bits per heavy atom. The number of fused-ring (bicyclic) bond motifs is 1. The number of nitrogens with zero attached hydrogens (tertiary/aromatic N) is 4. The van der Waals surface area contributed by atoms with E-state index in [0.29, 0.717) is 24.3 Å². The molecule has 0 unspecified atom stereocenters. The molecule has 0 aliphatic heterocycles. The molecule has 3 N–H and O–H groups in total. The van der Waals surface area contributed by atoms with Gasteiger partial charge in [0.15, 0.2) is 0 Å². The van der Waals surface area contributed by atoms with Crippen LogP contribution < -0.4 is 10.0 Å². The van der Waals surface area contributed by atoms with Crippen LogP contribution in [0.25, 0.3) is 11.0 Å². The highest BCUT2D eigenvalue weighted by molar-refractivity contribution is 7.92. The molecule has 0 amide bonds. The lowest BCUT2D eigenvalue weighted by molar-refractivity contribution is 0.313. The van der Waals surface area contributed by atoms with Crippen LogP contribution in [0.4, 0.5) is 5.69 Å². The van der Waals surface area contributed by atoms with Crippen LogP contribution in [0.2, 0.25) is 0 Å². The third kappa shape index (κ3) is 6.85. The first-order valence-electron chi connectivity index (χ1n) is 13.4. The van der Waals surface area contributed by atoms with Crippen molar-refractivity contribution in [1.29, 1.82) is 5.41 Å². The first kappa shape index (κ1) is 28.3. The summed E-state index contributed by atoms with van der Waals surface area (Å²) >= 11 is 0. The number of hydrogen-bond donors (Lipinski definition) is 2. The summed E-state index contributed by atoms with van der Waals surface area (Å²) in [6, 6.07) is 22.8. The van der Waals surface area contributed by atoms with Gasteiger partial charge in [-0.25, -0.2) is 13.4 Å². The van der Waals surface area contributed by atoms with Gasteiger partial charge in [-0.2, -0.15) is 0 Å². The van der Waals surface area contributed by atoms with E-state index in [-0.39, 0.29) is 11.6 Å². The molecule has 0 saturated carbocycles. The Balaban J connectivity index is 1.60. The Hall–Kier alpha value is -3.69. The molecule has 0 radical (unpaired) electrons. The number of benzene rings is 3. The largest absolute Gasteiger partial charge is 0.384 e. The number of amidine groups is 1. The molecule has 0 bridgehead atoms. The lowest BCUT2D eigenvalue weighted by atomic mass is 10.1. The van der Waals surface area contributed by atoms with Crippen LogP contribution in [-0.2, 0) is 35.7 Å². The standard InChI is InChI=1S/C30H38N6O2S/c1-4-35(5-2)19-20-36(39(37,38)22-24-9-7-6-8-10-24)26-16-17-28-27(21-26)33-29(34(28)3)18-13-23-11-14-25(15-12-23)30(31)32/h6-12,14-17,21H,4-5,13,18-20,22H2,1-3H3,(H3,31,32). The number of hydrogen-bond acceptors (Lipinski definition) is 5. The molecule has 39 heavy (non-hydrogen) atoms. The quantitative estimate of drug-likeness (QED) is 0.192. The minimum absolute atomic E-state index is 0.0555. The minimum Gasteiger partial charge on any atom is -0.384 e. The maximum absolute atomic E-state index is 13.7. The van der Waals surface area contributed by atoms with Crippen LogP contribution in [0.15, 0.2) is 72.8 Å². The van der Waals surface area contributed by atoms with Crippen LogP contribution in [-0.4, -0.2) is 54.9 Å². The second-order valence-corrected chi connectivity index (χ2v) is 11.6. The Bertz CT molecular complexity index is 1510. The summed E-state index contributed by atoms with van der Waals surface area (Å²) in [6.07, 6.45) is 1.53. The van der Waals surface area contributed by atoms with Gasteiger partial charge in [0.05, 0.1) is 22.5 Å². The molecule has 8 nitrogen and oxygen atoms in total. The summed E-state index contributed by atoms with van der Waals surface area (Å²) < 4.78 is 31.0. The van der Waals surface area contributed by atoms with Gasteiger partial charge in [0.2, 0.25) is 10.0 Å². The molecule has 4 rings (SSSR count). The highest BCUT2D eigenvalue weighted by atomic mass is 32.2. The monoisotopic (exact) mass is 546 g/mol. The van der Waals surface area contributed by atoms with Crippen molar-refractivity contribution in [3.8, 4) is 0 Å². The number of sulfonamides is 1. The lowest BCUT2D eigenvalue weighted by Crippen LogP contribution is -2.39. The summed E-state index contributed by atoms with van der Waals surface area (Å²) in [7, 11) is -1.63. The third-order valence-corrected chi connectivity index (χ3v) is 8.95. The Morgan fingerprint density at radius 1 is 0.923 bits per heavy atom. The number of imidazole rings is 1. The maximum Gasteiger partial charge on any atom is 0.239 e. The van der Waals surface area contributed by atoms with Crippen molar-refractivity contribution in [1.82, 2.24) is 14.5 Å². The summed E-state index contributed by atoms with van der Waals surface area (Å²) in [4.78, 5) is 7.11. The summed E-state index contributed by atoms with van der Waals surface area (Å²) in [5, 5.41) is 7.56. The van der Waals surface area contributed by atoms with E-state index < -0.39 is 10.0 Å². The minimum atomic E-state index is -3.62. The molecule has 206 valence electrons. The van der Waals surface area contributed by atoms with E-state index in [2.05, 4.69) is 23.3 Å². The number of nitrogen functional groups attached to an aromatic ring is 1. The first-order chi connectivity index (χ1) is 18.7. The fourth-order valence-electron chi connectivity index (χ4n) is 4.79. The molecule has 1 aromatic heterocycles. The van der Waals surface area contributed by atoms with Crippen LogP contribution in [0.5, 0.6) is 0 Å². The number of aromatic nitrogens is 2. The van der Waals surface area contributed by atoms with Crippen molar-refractivity contribution in [3.05, 3.63) is 95.3 Å². The summed E-state index contributed by atoms with van der Waals surface area (Å²) in [6.45, 7) is 6.93. The highest BCUT2D eigenvalue weighted by Gasteiger charge is 2.24. The fraction of sp³-hybridized carbons (Fsp3) is 0.333. The van der Waals surface area contributed by atoms with Crippen molar-refractivity contribution in [2.24, 2.45) is 12.8 Å². The molecule has 0 aliphatic carbocycles. The molecule has 0 fully saturated rings. The molecule has 1 heterocycles. The molecular weight excluding hydrogens is 508 g/mol. The zero-order valence-electron chi connectivity index (χ0n) is 23.0. The van der Waals surface area contributed by atoms with Gasteiger partial charge in [-0.15, -0.1) is 0 Å². The molecule has 0 atom stereocenters. The first-order valence-corrected chi connectivity index (χ1v) is 15.0. The summed E-state index contributed by atoms with van der Waals surface area (Å²) in [5.74, 6) is 0.935. The van der Waals surface area contributed by atoms with Crippen molar-refractivity contribution in [2.75, 3.05) is 30.5 Å². The summed E-state index contributed by atoms with van der Waals surface area (Å²) in [5.41, 5.74) is 10.6. The Morgan fingerprint density at radius 3 is 2.26 bits per heavy atom. The predicted octanol–water partition coefficient (Wildman–Crippen LogP) is 4.32. The van der Waals surface area contributed by atoms with E-state index in [1.165, 1.54) is 0 Å². The average Bonchev–Trinajstić information content (AvgIpc) is 3.24. The van der Waals surface area contributed by atoms with Gasteiger partial charge in [0, 0.05) is 32.1 Å². The lowest BCUT2D eigenvalue weighted by Gasteiger charge is -2.28. The molecule has 0 saturated heterocycles. The van der Waals surface area contributed by atoms with Gasteiger partial charge in [0.1, 0.15) is 11.7 Å². The number of aryl methyl sites for hydroxylation is 3. The Labute approximate surface area is 231 Å². The Kier molecular flexibility index (Phi) is 9.04. The number of nitrogens with one attached hydrogen (secondary N) is 1. The smallest absolute Gasteiger partial charge is 0.239 e. The van der Waals surface area contributed by atoms with Gasteiger partial charge in [-0.1, -0.05) is 68.4 Å². The molecule has 9 heteroatoms. The van der Waals surface area contributed by atoms with E-state index in [1.54, 1.807) is 4.31 Å². The van der Waals surface area contributed by atoms with Gasteiger partial charge >= 0.3 is 0 Å². The molecule has 0 aliphatic rings. The van der Waals surface area contributed by atoms with Gasteiger partial charge in [-0.05, 0) is 48.8 Å². The van der Waals surface area contributed by atoms with E-state index in [1.807, 2.05) is 79.8 Å². The normalized spacial score (nSPS) is 11.8. The second kappa shape index (κ2) is 12.4. The fourth-order valence-corrected chi connectivity index (χ4v) is 6.35. The zero-order chi connectivity index (χ0) is 28.0. The number of anilines is 1. The number of rotatable bonds is 13. The van der Waals surface area contributed by atoms with Crippen LogP contribution >= 0.6 is 0 Å². The van der Waals surface area contributed by atoms with E-state index in [4.69, 9.17) is 16.1 Å². The van der Waals surface area contributed by atoms with Crippen molar-refractivity contribution >= 4 is 32.6 Å². The SMILES string of the molecule is CCN(CC)CCN(c1ccc2c(c1)nc(CCc1ccc(C(=N)N)cc1)n2C)S(=O)(=O)Cc1ccccc1. The number of likely N-dealkylation sites (N-methyl/N-ethyl adjacent to an activating group) is 1. The highest BCUT2D eigenvalue weighted by Crippen LogP contribution is 2.26. The van der Waals surface area contributed by atoms with Gasteiger partial charge < -0.3 is 15.2 Å².